The maximum atomic E-state index is 12.0. The second-order valence-corrected chi connectivity index (χ2v) is 5.83. The van der Waals surface area contributed by atoms with E-state index in [1.54, 1.807) is 11.1 Å². The molecule has 0 bridgehead atoms. The van der Waals surface area contributed by atoms with Gasteiger partial charge in [0.2, 0.25) is 5.89 Å². The quantitative estimate of drug-likeness (QED) is 0.828. The van der Waals surface area contributed by atoms with Crippen LogP contribution in [0.3, 0.4) is 0 Å². The number of urea groups is 1. The highest BCUT2D eigenvalue weighted by atomic mass is 16.5. The van der Waals surface area contributed by atoms with E-state index in [4.69, 9.17) is 4.52 Å². The number of hydrogen-bond acceptors (Lipinski definition) is 7. The second-order valence-electron chi connectivity index (χ2n) is 5.83. The van der Waals surface area contributed by atoms with Crippen molar-refractivity contribution in [3.05, 3.63) is 30.3 Å². The Labute approximate surface area is 140 Å². The highest BCUT2D eigenvalue weighted by molar-refractivity contribution is 5.74. The minimum atomic E-state index is -0.243. The van der Waals surface area contributed by atoms with Crippen LogP contribution in [-0.4, -0.2) is 54.4 Å². The van der Waals surface area contributed by atoms with Gasteiger partial charge in [-0.15, -0.1) is 0 Å². The fourth-order valence-corrected chi connectivity index (χ4v) is 2.52. The van der Waals surface area contributed by atoms with E-state index in [1.165, 1.54) is 0 Å². The molecule has 1 aliphatic rings. The number of nitrogens with one attached hydrogen (secondary N) is 2. The van der Waals surface area contributed by atoms with Gasteiger partial charge >= 0.3 is 6.03 Å². The highest BCUT2D eigenvalue weighted by Crippen LogP contribution is 2.17. The lowest BCUT2D eigenvalue weighted by molar-refractivity contribution is 0.235. The van der Waals surface area contributed by atoms with Crippen molar-refractivity contribution in [1.29, 1.82) is 0 Å². The first kappa shape index (κ1) is 16.0. The third-order valence-corrected chi connectivity index (χ3v) is 3.75. The van der Waals surface area contributed by atoms with E-state index in [0.717, 1.165) is 25.3 Å². The molecule has 0 aliphatic carbocycles. The third-order valence-electron chi connectivity index (χ3n) is 3.75. The van der Waals surface area contributed by atoms with Crippen LogP contribution >= 0.6 is 0 Å². The Bertz CT molecular complexity index is 673. The molecule has 0 radical (unpaired) electrons. The average Bonchev–Trinajstić information content (AvgIpc) is 3.23. The van der Waals surface area contributed by atoms with Gasteiger partial charge in [-0.2, -0.15) is 4.98 Å². The summed E-state index contributed by atoms with van der Waals surface area (Å²) in [5, 5.41) is 9.49. The lowest BCUT2D eigenvalue weighted by Gasteiger charge is -2.17. The van der Waals surface area contributed by atoms with E-state index in [9.17, 15) is 4.79 Å². The van der Waals surface area contributed by atoms with E-state index in [2.05, 4.69) is 30.7 Å². The molecule has 3 heterocycles. The standard InChI is InChI=1S/C15H21N7O2/c1-21(2)14-19-13(24-20-14)9-17-15(23)18-11-6-8-22(10-11)12-5-3-4-7-16-12/h3-5,7,11H,6,8-10H2,1-2H3,(H2,17,18,23). The van der Waals surface area contributed by atoms with Gasteiger partial charge in [-0.05, 0) is 23.7 Å². The zero-order chi connectivity index (χ0) is 16.9. The fraction of sp³-hybridized carbons (Fsp3) is 0.467. The van der Waals surface area contributed by atoms with Gasteiger partial charge in [0, 0.05) is 39.4 Å². The lowest BCUT2D eigenvalue weighted by atomic mass is 10.3. The van der Waals surface area contributed by atoms with Crippen LogP contribution in [0.4, 0.5) is 16.6 Å². The van der Waals surface area contributed by atoms with E-state index in [1.807, 2.05) is 32.3 Å². The van der Waals surface area contributed by atoms with Gasteiger partial charge in [0.25, 0.3) is 5.95 Å². The van der Waals surface area contributed by atoms with Crippen LogP contribution in [0, 0.1) is 0 Å². The van der Waals surface area contributed by atoms with Crippen molar-refractivity contribution in [2.75, 3.05) is 37.0 Å². The SMILES string of the molecule is CN(C)c1noc(CNC(=O)NC2CCN(c3ccccn3)C2)n1. The molecule has 128 valence electrons. The average molecular weight is 331 g/mol. The van der Waals surface area contributed by atoms with Crippen LogP contribution in [0.5, 0.6) is 0 Å². The van der Waals surface area contributed by atoms with Gasteiger partial charge in [0.05, 0.1) is 6.54 Å². The predicted octanol–water partition coefficient (Wildman–Crippen LogP) is 0.609. The van der Waals surface area contributed by atoms with Crippen molar-refractivity contribution in [3.63, 3.8) is 0 Å². The molecule has 0 spiro atoms. The number of nitrogens with zero attached hydrogens (tertiary/aromatic N) is 5. The smallest absolute Gasteiger partial charge is 0.315 e. The molecule has 2 aromatic heterocycles. The lowest BCUT2D eigenvalue weighted by Crippen LogP contribution is -2.43. The molecule has 1 unspecified atom stereocenters. The zero-order valence-corrected chi connectivity index (χ0v) is 13.8. The van der Waals surface area contributed by atoms with E-state index in [-0.39, 0.29) is 18.6 Å². The van der Waals surface area contributed by atoms with Crippen molar-refractivity contribution in [2.45, 2.75) is 19.0 Å². The monoisotopic (exact) mass is 331 g/mol. The molecule has 2 aromatic rings. The van der Waals surface area contributed by atoms with Gasteiger partial charge in [-0.3, -0.25) is 0 Å². The fourth-order valence-electron chi connectivity index (χ4n) is 2.52. The van der Waals surface area contributed by atoms with Gasteiger partial charge in [-0.1, -0.05) is 6.07 Å². The Morgan fingerprint density at radius 2 is 2.33 bits per heavy atom. The minimum absolute atomic E-state index is 0.0898. The van der Waals surface area contributed by atoms with Crippen LogP contribution in [0.15, 0.2) is 28.9 Å². The van der Waals surface area contributed by atoms with Crippen molar-refractivity contribution in [1.82, 2.24) is 25.8 Å². The molecule has 3 rings (SSSR count). The topological polar surface area (TPSA) is 99.4 Å². The van der Waals surface area contributed by atoms with Crippen molar-refractivity contribution in [3.8, 4) is 0 Å². The number of carbonyl (C=O) groups excluding carboxylic acids is 1. The number of amides is 2. The highest BCUT2D eigenvalue weighted by Gasteiger charge is 2.24. The summed E-state index contributed by atoms with van der Waals surface area (Å²) in [5.41, 5.74) is 0. The first-order valence-electron chi connectivity index (χ1n) is 7.82. The summed E-state index contributed by atoms with van der Waals surface area (Å²) in [6.45, 7) is 1.82. The van der Waals surface area contributed by atoms with E-state index < -0.39 is 0 Å². The molecule has 2 N–H and O–H groups in total. The number of carbonyl (C=O) groups is 1. The summed E-state index contributed by atoms with van der Waals surface area (Å²) in [5.74, 6) is 1.79. The molecular formula is C15H21N7O2. The number of anilines is 2. The number of hydrogen-bond donors (Lipinski definition) is 2. The Kier molecular flexibility index (Phi) is 4.78. The van der Waals surface area contributed by atoms with Crippen molar-refractivity contribution < 1.29 is 9.32 Å². The molecule has 1 atom stereocenters. The van der Waals surface area contributed by atoms with Crippen LogP contribution < -0.4 is 20.4 Å². The van der Waals surface area contributed by atoms with Crippen LogP contribution in [0.1, 0.15) is 12.3 Å². The summed E-state index contributed by atoms with van der Waals surface area (Å²) >= 11 is 0. The predicted molar refractivity (Wildman–Crippen MR) is 88.9 cm³/mol. The van der Waals surface area contributed by atoms with Crippen LogP contribution in [0.25, 0.3) is 0 Å². The molecule has 9 heteroatoms. The van der Waals surface area contributed by atoms with E-state index in [0.29, 0.717) is 11.8 Å². The number of rotatable bonds is 5. The number of pyridine rings is 1. The molecule has 0 saturated carbocycles. The Hall–Kier alpha value is -2.84. The summed E-state index contributed by atoms with van der Waals surface area (Å²) in [6, 6.07) is 5.67. The normalized spacial score (nSPS) is 16.9. The molecule has 1 aliphatic heterocycles. The molecule has 0 aromatic carbocycles. The zero-order valence-electron chi connectivity index (χ0n) is 13.8. The summed E-state index contributed by atoms with van der Waals surface area (Å²) in [6.07, 6.45) is 2.66. The molecule has 1 saturated heterocycles. The molecule has 9 nitrogen and oxygen atoms in total. The Morgan fingerprint density at radius 1 is 1.46 bits per heavy atom. The third kappa shape index (κ3) is 3.92. The van der Waals surface area contributed by atoms with Gasteiger partial charge in [-0.25, -0.2) is 9.78 Å². The van der Waals surface area contributed by atoms with Crippen molar-refractivity contribution >= 4 is 17.8 Å². The molecular weight excluding hydrogens is 310 g/mol. The first-order chi connectivity index (χ1) is 11.6. The van der Waals surface area contributed by atoms with Crippen LogP contribution in [0.2, 0.25) is 0 Å². The summed E-state index contributed by atoms with van der Waals surface area (Å²) < 4.78 is 5.06. The largest absolute Gasteiger partial charge is 0.354 e. The molecule has 24 heavy (non-hydrogen) atoms. The molecule has 2 amide bonds. The first-order valence-corrected chi connectivity index (χ1v) is 7.82. The van der Waals surface area contributed by atoms with E-state index >= 15 is 0 Å². The number of aromatic nitrogens is 3. The second kappa shape index (κ2) is 7.16. The van der Waals surface area contributed by atoms with Crippen molar-refractivity contribution in [2.24, 2.45) is 0 Å². The summed E-state index contributed by atoms with van der Waals surface area (Å²) in [7, 11) is 3.64. The maximum absolute atomic E-state index is 12.0. The Morgan fingerprint density at radius 3 is 3.04 bits per heavy atom. The summed E-state index contributed by atoms with van der Waals surface area (Å²) in [4.78, 5) is 24.4. The Balaban J connectivity index is 1.44. The molecule has 1 fully saturated rings. The van der Waals surface area contributed by atoms with Gasteiger partial charge in [0.15, 0.2) is 0 Å². The van der Waals surface area contributed by atoms with Crippen LogP contribution in [-0.2, 0) is 6.54 Å². The maximum Gasteiger partial charge on any atom is 0.315 e. The van der Waals surface area contributed by atoms with Gasteiger partial charge in [0.1, 0.15) is 5.82 Å². The van der Waals surface area contributed by atoms with Gasteiger partial charge < -0.3 is 25.0 Å². The minimum Gasteiger partial charge on any atom is -0.354 e.